The van der Waals surface area contributed by atoms with E-state index in [1.54, 1.807) is 12.1 Å². The molecule has 0 fully saturated rings. The van der Waals surface area contributed by atoms with Gasteiger partial charge in [-0.1, -0.05) is 25.1 Å². The fourth-order valence-electron chi connectivity index (χ4n) is 2.75. The van der Waals surface area contributed by atoms with Crippen molar-refractivity contribution < 1.29 is 4.79 Å². The second-order valence-corrected chi connectivity index (χ2v) is 6.00. The number of hydrogen-bond donors (Lipinski definition) is 2. The molecule has 0 saturated heterocycles. The number of amides is 1. The van der Waals surface area contributed by atoms with Gasteiger partial charge in [-0.2, -0.15) is 0 Å². The van der Waals surface area contributed by atoms with E-state index in [-0.39, 0.29) is 0 Å². The fraction of sp³-hybridized carbons (Fsp3) is 0.300. The highest BCUT2D eigenvalue weighted by Gasteiger charge is 2.15. The normalized spacial score (nSPS) is 16.6. The summed E-state index contributed by atoms with van der Waals surface area (Å²) in [5.74, 6) is -0.415. The first-order valence-electron chi connectivity index (χ1n) is 8.20. The third-order valence-corrected chi connectivity index (χ3v) is 3.95. The summed E-state index contributed by atoms with van der Waals surface area (Å²) >= 11 is 0. The average molecular weight is 323 g/mol. The van der Waals surface area contributed by atoms with Crippen molar-refractivity contribution in [1.82, 2.24) is 5.32 Å². The van der Waals surface area contributed by atoms with Gasteiger partial charge in [0.05, 0.1) is 5.70 Å². The van der Waals surface area contributed by atoms with Crippen molar-refractivity contribution in [3.05, 3.63) is 64.5 Å². The maximum absolute atomic E-state index is 11.3. The standard InChI is InChI=1S/C20H25N3O/c1-5-6-14(3)22-12-18(19-13(2)11-15(4)23-19)16-7-9-17(10-8-16)20(21)24/h6-11,22H,5,12H2,1-4H3,(H2,21,24)/b14-6-,19-18+. The van der Waals surface area contributed by atoms with Crippen molar-refractivity contribution in [1.29, 1.82) is 0 Å². The molecular weight excluding hydrogens is 298 g/mol. The van der Waals surface area contributed by atoms with Crippen LogP contribution in [-0.4, -0.2) is 18.2 Å². The number of nitrogens with two attached hydrogens (primary N) is 1. The zero-order valence-electron chi connectivity index (χ0n) is 14.8. The molecule has 0 saturated carbocycles. The minimum Gasteiger partial charge on any atom is -0.385 e. The third kappa shape index (κ3) is 4.22. The number of rotatable bonds is 6. The van der Waals surface area contributed by atoms with Gasteiger partial charge in [-0.25, -0.2) is 0 Å². The molecule has 2 rings (SSSR count). The predicted octanol–water partition coefficient (Wildman–Crippen LogP) is 3.82. The molecule has 4 nitrogen and oxygen atoms in total. The van der Waals surface area contributed by atoms with Crippen molar-refractivity contribution in [2.75, 3.05) is 6.54 Å². The summed E-state index contributed by atoms with van der Waals surface area (Å²) in [6.45, 7) is 8.93. The van der Waals surface area contributed by atoms with Crippen molar-refractivity contribution in [3.8, 4) is 0 Å². The minimum atomic E-state index is -0.415. The van der Waals surface area contributed by atoms with Crippen LogP contribution in [0.2, 0.25) is 0 Å². The maximum Gasteiger partial charge on any atom is 0.248 e. The highest BCUT2D eigenvalue weighted by Crippen LogP contribution is 2.28. The minimum absolute atomic E-state index is 0.415. The Morgan fingerprint density at radius 3 is 2.33 bits per heavy atom. The number of carbonyl (C=O) groups excluding carboxylic acids is 1. The van der Waals surface area contributed by atoms with Gasteiger partial charge in [0.2, 0.25) is 5.91 Å². The number of allylic oxidation sites excluding steroid dienone is 4. The molecule has 3 N–H and O–H groups in total. The van der Waals surface area contributed by atoms with Crippen molar-refractivity contribution in [2.24, 2.45) is 10.7 Å². The van der Waals surface area contributed by atoms with E-state index in [1.165, 1.54) is 0 Å². The number of aliphatic imine (C=N–C) groups is 1. The summed E-state index contributed by atoms with van der Waals surface area (Å²) in [6.07, 6.45) is 5.24. The van der Waals surface area contributed by atoms with E-state index in [4.69, 9.17) is 5.73 Å². The Morgan fingerprint density at radius 2 is 1.83 bits per heavy atom. The van der Waals surface area contributed by atoms with E-state index in [0.717, 1.165) is 40.2 Å². The summed E-state index contributed by atoms with van der Waals surface area (Å²) in [7, 11) is 0. The molecule has 0 radical (unpaired) electrons. The van der Waals surface area contributed by atoms with Gasteiger partial charge in [-0.15, -0.1) is 0 Å². The Labute approximate surface area is 143 Å². The number of hydrogen-bond acceptors (Lipinski definition) is 3. The highest BCUT2D eigenvalue weighted by atomic mass is 16.1. The zero-order chi connectivity index (χ0) is 17.7. The van der Waals surface area contributed by atoms with E-state index >= 15 is 0 Å². The Morgan fingerprint density at radius 1 is 1.21 bits per heavy atom. The van der Waals surface area contributed by atoms with Crippen LogP contribution < -0.4 is 11.1 Å². The molecule has 0 aromatic heterocycles. The molecule has 0 spiro atoms. The summed E-state index contributed by atoms with van der Waals surface area (Å²) in [6, 6.07) is 7.38. The Hall–Kier alpha value is -2.62. The van der Waals surface area contributed by atoms with Crippen LogP contribution in [0.3, 0.4) is 0 Å². The van der Waals surface area contributed by atoms with Gasteiger partial charge < -0.3 is 11.1 Å². The van der Waals surface area contributed by atoms with Crippen molar-refractivity contribution in [2.45, 2.75) is 34.1 Å². The van der Waals surface area contributed by atoms with E-state index in [0.29, 0.717) is 12.1 Å². The lowest BCUT2D eigenvalue weighted by atomic mass is 9.99. The second kappa shape index (κ2) is 7.77. The number of nitrogens with one attached hydrogen (secondary N) is 1. The van der Waals surface area contributed by atoms with Gasteiger partial charge in [-0.3, -0.25) is 9.79 Å². The smallest absolute Gasteiger partial charge is 0.248 e. The molecule has 1 aromatic rings. The van der Waals surface area contributed by atoms with Crippen LogP contribution in [0.4, 0.5) is 0 Å². The molecule has 4 heteroatoms. The Bertz CT molecular complexity index is 750. The van der Waals surface area contributed by atoms with Gasteiger partial charge >= 0.3 is 0 Å². The quantitative estimate of drug-likeness (QED) is 0.835. The molecule has 1 aromatic carbocycles. The summed E-state index contributed by atoms with van der Waals surface area (Å²) in [4.78, 5) is 16.0. The highest BCUT2D eigenvalue weighted by molar-refractivity contribution is 6.00. The number of primary amides is 1. The first kappa shape index (κ1) is 17.7. The maximum atomic E-state index is 11.3. The largest absolute Gasteiger partial charge is 0.385 e. The van der Waals surface area contributed by atoms with Crippen LogP contribution in [0.15, 0.2) is 58.4 Å². The molecule has 0 unspecified atom stereocenters. The van der Waals surface area contributed by atoms with Gasteiger partial charge in [0, 0.05) is 29.1 Å². The van der Waals surface area contributed by atoms with Gasteiger partial charge in [0.1, 0.15) is 0 Å². The van der Waals surface area contributed by atoms with Crippen LogP contribution >= 0.6 is 0 Å². The zero-order valence-corrected chi connectivity index (χ0v) is 14.8. The summed E-state index contributed by atoms with van der Waals surface area (Å²) in [5.41, 5.74) is 12.3. The lowest BCUT2D eigenvalue weighted by Gasteiger charge is -2.14. The lowest BCUT2D eigenvalue weighted by Crippen LogP contribution is -2.16. The number of carbonyl (C=O) groups is 1. The van der Waals surface area contributed by atoms with Gasteiger partial charge in [0.25, 0.3) is 0 Å². The molecular formula is C20H25N3O. The third-order valence-electron chi connectivity index (χ3n) is 3.95. The molecule has 1 aliphatic rings. The molecule has 126 valence electrons. The molecule has 0 atom stereocenters. The van der Waals surface area contributed by atoms with Crippen molar-refractivity contribution >= 4 is 17.2 Å². The Balaban J connectivity index is 2.40. The van der Waals surface area contributed by atoms with Crippen molar-refractivity contribution in [3.63, 3.8) is 0 Å². The van der Waals surface area contributed by atoms with Crippen LogP contribution in [-0.2, 0) is 0 Å². The predicted molar refractivity (Wildman–Crippen MR) is 101 cm³/mol. The Kier molecular flexibility index (Phi) is 5.74. The summed E-state index contributed by atoms with van der Waals surface area (Å²) < 4.78 is 0. The molecule has 24 heavy (non-hydrogen) atoms. The van der Waals surface area contributed by atoms with E-state index in [9.17, 15) is 4.79 Å². The van der Waals surface area contributed by atoms with Crippen LogP contribution in [0, 0.1) is 0 Å². The number of nitrogens with zero attached hydrogens (tertiary/aromatic N) is 1. The van der Waals surface area contributed by atoms with E-state index in [1.807, 2.05) is 19.1 Å². The van der Waals surface area contributed by atoms with E-state index < -0.39 is 5.91 Å². The monoisotopic (exact) mass is 323 g/mol. The summed E-state index contributed by atoms with van der Waals surface area (Å²) in [5, 5.41) is 3.45. The van der Waals surface area contributed by atoms with E-state index in [2.05, 4.69) is 43.2 Å². The first-order valence-corrected chi connectivity index (χ1v) is 8.20. The molecule has 1 amide bonds. The SMILES string of the molecule is CC/C=C(/C)NC/C(=C1\N=C(C)C=C1C)c1ccc(C(N)=O)cc1. The second-order valence-electron chi connectivity index (χ2n) is 6.00. The molecule has 0 bridgehead atoms. The molecule has 1 heterocycles. The fourth-order valence-corrected chi connectivity index (χ4v) is 2.75. The molecule has 0 aliphatic carbocycles. The molecule has 1 aliphatic heterocycles. The van der Waals surface area contributed by atoms with Gasteiger partial charge in [0.15, 0.2) is 0 Å². The van der Waals surface area contributed by atoms with Gasteiger partial charge in [-0.05, 0) is 56.5 Å². The topological polar surface area (TPSA) is 67.5 Å². The average Bonchev–Trinajstić information content (AvgIpc) is 2.87. The lowest BCUT2D eigenvalue weighted by molar-refractivity contribution is 0.100. The number of benzene rings is 1. The van der Waals surface area contributed by atoms with Crippen LogP contribution in [0.1, 0.15) is 50.0 Å². The first-order chi connectivity index (χ1) is 11.4. The van der Waals surface area contributed by atoms with Crippen LogP contribution in [0.5, 0.6) is 0 Å². The van der Waals surface area contributed by atoms with Crippen LogP contribution in [0.25, 0.3) is 5.57 Å².